The SMILES string of the molecule is CC(C)(C)OC(=O)N1CCN(c2ccc3c(c2)CCC(=O)N3)CC1. The average molecular weight is 331 g/mol. The molecule has 3 rings (SSSR count). The minimum absolute atomic E-state index is 0.0845. The van der Waals surface area contributed by atoms with E-state index >= 15 is 0 Å². The minimum atomic E-state index is -0.461. The van der Waals surface area contributed by atoms with Crippen LogP contribution in [-0.4, -0.2) is 48.7 Å². The standard InChI is InChI=1S/C18H25N3O3/c1-18(2,3)24-17(23)21-10-8-20(9-11-21)14-5-6-15-13(12-14)4-7-16(22)19-15/h5-6,12H,4,7-11H2,1-3H3,(H,19,22). The third-order valence-electron chi connectivity index (χ3n) is 4.28. The lowest BCUT2D eigenvalue weighted by atomic mass is 10.0. The molecule has 0 spiro atoms. The molecule has 6 nitrogen and oxygen atoms in total. The summed E-state index contributed by atoms with van der Waals surface area (Å²) in [5.41, 5.74) is 2.79. The Balaban J connectivity index is 1.61. The molecule has 2 aliphatic heterocycles. The molecule has 0 unspecified atom stereocenters. The maximum absolute atomic E-state index is 12.1. The summed E-state index contributed by atoms with van der Waals surface area (Å²) in [6, 6.07) is 6.16. The van der Waals surface area contributed by atoms with E-state index in [2.05, 4.69) is 16.3 Å². The van der Waals surface area contributed by atoms with Crippen molar-refractivity contribution in [3.05, 3.63) is 23.8 Å². The largest absolute Gasteiger partial charge is 0.444 e. The molecular formula is C18H25N3O3. The lowest BCUT2D eigenvalue weighted by Gasteiger charge is -2.37. The molecule has 2 amide bonds. The average Bonchev–Trinajstić information content (AvgIpc) is 2.53. The Morgan fingerprint density at radius 2 is 1.83 bits per heavy atom. The van der Waals surface area contributed by atoms with Crippen LogP contribution in [0.25, 0.3) is 0 Å². The number of nitrogens with zero attached hydrogens (tertiary/aromatic N) is 2. The molecule has 0 aromatic heterocycles. The molecule has 1 N–H and O–H groups in total. The molecule has 0 atom stereocenters. The highest BCUT2D eigenvalue weighted by Gasteiger charge is 2.26. The third-order valence-corrected chi connectivity index (χ3v) is 4.28. The van der Waals surface area contributed by atoms with Crippen LogP contribution in [0.15, 0.2) is 18.2 Å². The number of fused-ring (bicyclic) bond motifs is 1. The molecule has 2 heterocycles. The zero-order chi connectivity index (χ0) is 17.3. The van der Waals surface area contributed by atoms with Gasteiger partial charge in [-0.25, -0.2) is 4.79 Å². The fourth-order valence-corrected chi connectivity index (χ4v) is 3.04. The maximum Gasteiger partial charge on any atom is 0.410 e. The quantitative estimate of drug-likeness (QED) is 0.859. The van der Waals surface area contributed by atoms with E-state index in [1.165, 1.54) is 5.56 Å². The molecule has 2 aliphatic rings. The number of ether oxygens (including phenoxy) is 1. The van der Waals surface area contributed by atoms with Crippen molar-refractivity contribution >= 4 is 23.4 Å². The van der Waals surface area contributed by atoms with Gasteiger partial charge in [0.05, 0.1) is 0 Å². The van der Waals surface area contributed by atoms with Crippen molar-refractivity contribution in [2.45, 2.75) is 39.2 Å². The molecule has 0 aliphatic carbocycles. The second-order valence-corrected chi connectivity index (χ2v) is 7.34. The van der Waals surface area contributed by atoms with Gasteiger partial charge in [0.2, 0.25) is 5.91 Å². The first-order valence-electron chi connectivity index (χ1n) is 8.47. The highest BCUT2D eigenvalue weighted by atomic mass is 16.6. The van der Waals surface area contributed by atoms with Gasteiger partial charge in [-0.2, -0.15) is 0 Å². The van der Waals surface area contributed by atoms with Crippen molar-refractivity contribution in [3.8, 4) is 0 Å². The fourth-order valence-electron chi connectivity index (χ4n) is 3.04. The number of aryl methyl sites for hydroxylation is 1. The van der Waals surface area contributed by atoms with Gasteiger partial charge in [0.15, 0.2) is 0 Å². The second-order valence-electron chi connectivity index (χ2n) is 7.34. The smallest absolute Gasteiger partial charge is 0.410 e. The lowest BCUT2D eigenvalue weighted by Crippen LogP contribution is -2.50. The number of rotatable bonds is 1. The van der Waals surface area contributed by atoms with Crippen molar-refractivity contribution in [2.24, 2.45) is 0 Å². The van der Waals surface area contributed by atoms with Crippen LogP contribution in [0.4, 0.5) is 16.2 Å². The molecule has 1 saturated heterocycles. The minimum Gasteiger partial charge on any atom is -0.444 e. The predicted octanol–water partition coefficient (Wildman–Crippen LogP) is 2.63. The number of hydrogen-bond donors (Lipinski definition) is 1. The number of hydrogen-bond acceptors (Lipinski definition) is 4. The molecule has 24 heavy (non-hydrogen) atoms. The topological polar surface area (TPSA) is 61.9 Å². The molecule has 0 radical (unpaired) electrons. The summed E-state index contributed by atoms with van der Waals surface area (Å²) in [6.07, 6.45) is 1.09. The van der Waals surface area contributed by atoms with E-state index in [1.807, 2.05) is 32.9 Å². The summed E-state index contributed by atoms with van der Waals surface area (Å²) in [7, 11) is 0. The molecule has 1 fully saturated rings. The van der Waals surface area contributed by atoms with E-state index in [1.54, 1.807) is 4.90 Å². The van der Waals surface area contributed by atoms with Crippen molar-refractivity contribution in [1.82, 2.24) is 4.90 Å². The van der Waals surface area contributed by atoms with E-state index in [0.717, 1.165) is 30.9 Å². The monoisotopic (exact) mass is 331 g/mol. The van der Waals surface area contributed by atoms with Crippen LogP contribution in [0.1, 0.15) is 32.8 Å². The van der Waals surface area contributed by atoms with Gasteiger partial charge in [0.1, 0.15) is 5.60 Å². The van der Waals surface area contributed by atoms with Gasteiger partial charge >= 0.3 is 6.09 Å². The number of anilines is 2. The molecule has 0 bridgehead atoms. The van der Waals surface area contributed by atoms with Crippen LogP contribution in [0, 0.1) is 0 Å². The number of carbonyl (C=O) groups excluding carboxylic acids is 2. The summed E-state index contributed by atoms with van der Waals surface area (Å²) in [4.78, 5) is 27.6. The van der Waals surface area contributed by atoms with Gasteiger partial charge < -0.3 is 19.9 Å². The van der Waals surface area contributed by atoms with Crippen LogP contribution < -0.4 is 10.2 Å². The summed E-state index contributed by atoms with van der Waals surface area (Å²) in [5, 5.41) is 2.91. The predicted molar refractivity (Wildman–Crippen MR) is 93.4 cm³/mol. The lowest BCUT2D eigenvalue weighted by molar-refractivity contribution is -0.116. The Hall–Kier alpha value is -2.24. The molecule has 130 valence electrons. The highest BCUT2D eigenvalue weighted by molar-refractivity contribution is 5.94. The zero-order valence-corrected chi connectivity index (χ0v) is 14.6. The van der Waals surface area contributed by atoms with Crippen LogP contribution in [-0.2, 0) is 16.0 Å². The first kappa shape index (κ1) is 16.6. The second kappa shape index (κ2) is 6.34. The number of carbonyl (C=O) groups is 2. The molecule has 1 aromatic carbocycles. The van der Waals surface area contributed by atoms with Crippen molar-refractivity contribution in [1.29, 1.82) is 0 Å². The fraction of sp³-hybridized carbons (Fsp3) is 0.556. The van der Waals surface area contributed by atoms with Gasteiger partial charge in [0, 0.05) is 44.0 Å². The summed E-state index contributed by atoms with van der Waals surface area (Å²) < 4.78 is 5.43. The van der Waals surface area contributed by atoms with E-state index in [4.69, 9.17) is 4.74 Å². The Bertz CT molecular complexity index is 643. The highest BCUT2D eigenvalue weighted by Crippen LogP contribution is 2.28. The number of nitrogens with one attached hydrogen (secondary N) is 1. The summed E-state index contributed by atoms with van der Waals surface area (Å²) >= 11 is 0. The molecule has 6 heteroatoms. The van der Waals surface area contributed by atoms with Crippen molar-refractivity contribution in [2.75, 3.05) is 36.4 Å². The summed E-state index contributed by atoms with van der Waals surface area (Å²) in [6.45, 7) is 8.52. The Morgan fingerprint density at radius 1 is 1.12 bits per heavy atom. The van der Waals surface area contributed by atoms with E-state index in [9.17, 15) is 9.59 Å². The van der Waals surface area contributed by atoms with Gasteiger partial charge in [-0.05, 0) is 51.0 Å². The number of piperazine rings is 1. The zero-order valence-electron chi connectivity index (χ0n) is 14.6. The first-order valence-corrected chi connectivity index (χ1v) is 8.47. The maximum atomic E-state index is 12.1. The van der Waals surface area contributed by atoms with Gasteiger partial charge in [-0.3, -0.25) is 4.79 Å². The summed E-state index contributed by atoms with van der Waals surface area (Å²) in [5.74, 6) is 0.0845. The number of amides is 2. The Morgan fingerprint density at radius 3 is 2.50 bits per heavy atom. The van der Waals surface area contributed by atoms with Crippen LogP contribution in [0.5, 0.6) is 0 Å². The first-order chi connectivity index (χ1) is 11.3. The van der Waals surface area contributed by atoms with Crippen molar-refractivity contribution in [3.63, 3.8) is 0 Å². The van der Waals surface area contributed by atoms with Crippen LogP contribution in [0.3, 0.4) is 0 Å². The molecule has 0 saturated carbocycles. The van der Waals surface area contributed by atoms with E-state index < -0.39 is 5.60 Å². The van der Waals surface area contributed by atoms with Gasteiger partial charge in [0.25, 0.3) is 0 Å². The number of benzene rings is 1. The van der Waals surface area contributed by atoms with Gasteiger partial charge in [-0.15, -0.1) is 0 Å². The van der Waals surface area contributed by atoms with Gasteiger partial charge in [-0.1, -0.05) is 0 Å². The Labute approximate surface area is 142 Å². The molecular weight excluding hydrogens is 306 g/mol. The van der Waals surface area contributed by atoms with E-state index in [-0.39, 0.29) is 12.0 Å². The van der Waals surface area contributed by atoms with Crippen LogP contribution >= 0.6 is 0 Å². The normalized spacial score (nSPS) is 18.0. The van der Waals surface area contributed by atoms with Crippen LogP contribution in [0.2, 0.25) is 0 Å². The molecule has 1 aromatic rings. The van der Waals surface area contributed by atoms with Crippen molar-refractivity contribution < 1.29 is 14.3 Å². The van der Waals surface area contributed by atoms with E-state index in [0.29, 0.717) is 19.5 Å². The Kier molecular flexibility index (Phi) is 4.39. The third kappa shape index (κ3) is 3.80.